The molecule has 0 fully saturated rings. The highest BCUT2D eigenvalue weighted by Crippen LogP contribution is 2.24. The second kappa shape index (κ2) is 3.68. The molecular weight excluding hydrogens is 192 g/mol. The van der Waals surface area contributed by atoms with Crippen LogP contribution in [-0.2, 0) is 10.2 Å². The van der Waals surface area contributed by atoms with Gasteiger partial charge < -0.3 is 5.11 Å². The predicted octanol–water partition coefficient (Wildman–Crippen LogP) is 2.13. The van der Waals surface area contributed by atoms with Gasteiger partial charge in [0.2, 0.25) is 0 Å². The van der Waals surface area contributed by atoms with Crippen molar-refractivity contribution in [1.82, 2.24) is 9.78 Å². The molecule has 0 bridgehead atoms. The van der Waals surface area contributed by atoms with Crippen LogP contribution >= 0.6 is 0 Å². The standard InChI is InChI=1S/C11H18N2O2/c1-7(2)13-8(3)6-9(12-13)11(4,5)10(14)15/h6-7H,1-5H3,(H,14,15). The number of hydrogen-bond acceptors (Lipinski definition) is 2. The average Bonchev–Trinajstić information content (AvgIpc) is 2.47. The summed E-state index contributed by atoms with van der Waals surface area (Å²) in [6, 6.07) is 2.09. The molecule has 0 saturated heterocycles. The predicted molar refractivity (Wildman–Crippen MR) is 58.0 cm³/mol. The summed E-state index contributed by atoms with van der Waals surface area (Å²) < 4.78 is 1.85. The van der Waals surface area contributed by atoms with Crippen molar-refractivity contribution in [3.63, 3.8) is 0 Å². The van der Waals surface area contributed by atoms with Crippen LogP contribution in [0.2, 0.25) is 0 Å². The van der Waals surface area contributed by atoms with E-state index in [-0.39, 0.29) is 6.04 Å². The van der Waals surface area contributed by atoms with Gasteiger partial charge in [-0.3, -0.25) is 9.48 Å². The van der Waals surface area contributed by atoms with Gasteiger partial charge in [-0.25, -0.2) is 0 Å². The van der Waals surface area contributed by atoms with Gasteiger partial charge in [0, 0.05) is 11.7 Å². The largest absolute Gasteiger partial charge is 0.481 e. The molecule has 0 unspecified atom stereocenters. The van der Waals surface area contributed by atoms with Gasteiger partial charge in [-0.1, -0.05) is 0 Å². The number of aryl methyl sites for hydroxylation is 1. The molecule has 15 heavy (non-hydrogen) atoms. The summed E-state index contributed by atoms with van der Waals surface area (Å²) in [6.07, 6.45) is 0. The Labute approximate surface area is 89.9 Å². The first kappa shape index (κ1) is 11.8. The topological polar surface area (TPSA) is 55.1 Å². The summed E-state index contributed by atoms with van der Waals surface area (Å²) in [5, 5.41) is 13.4. The van der Waals surface area contributed by atoms with Gasteiger partial charge in [0.05, 0.1) is 5.69 Å². The van der Waals surface area contributed by atoms with Gasteiger partial charge in [0.1, 0.15) is 5.41 Å². The van der Waals surface area contributed by atoms with Crippen LogP contribution < -0.4 is 0 Å². The van der Waals surface area contributed by atoms with Crippen molar-refractivity contribution in [2.24, 2.45) is 0 Å². The number of carboxylic acid groups (broad SMARTS) is 1. The molecule has 1 aromatic rings. The van der Waals surface area contributed by atoms with Gasteiger partial charge in [-0.2, -0.15) is 5.10 Å². The van der Waals surface area contributed by atoms with Crippen molar-refractivity contribution in [3.8, 4) is 0 Å². The zero-order chi connectivity index (χ0) is 11.8. The average molecular weight is 210 g/mol. The Balaban J connectivity index is 3.18. The van der Waals surface area contributed by atoms with Crippen LogP contribution in [0.5, 0.6) is 0 Å². The van der Waals surface area contributed by atoms with Gasteiger partial charge in [0.25, 0.3) is 0 Å². The summed E-state index contributed by atoms with van der Waals surface area (Å²) in [5.41, 5.74) is 0.681. The third kappa shape index (κ3) is 2.03. The zero-order valence-corrected chi connectivity index (χ0v) is 9.90. The van der Waals surface area contributed by atoms with E-state index in [1.165, 1.54) is 0 Å². The number of aromatic nitrogens is 2. The highest BCUT2D eigenvalue weighted by atomic mass is 16.4. The maximum atomic E-state index is 11.1. The Hall–Kier alpha value is -1.32. The van der Waals surface area contributed by atoms with E-state index in [9.17, 15) is 4.79 Å². The van der Waals surface area contributed by atoms with Gasteiger partial charge in [0.15, 0.2) is 0 Å². The fourth-order valence-corrected chi connectivity index (χ4v) is 1.43. The monoisotopic (exact) mass is 210 g/mol. The fourth-order valence-electron chi connectivity index (χ4n) is 1.43. The molecule has 0 aliphatic heterocycles. The van der Waals surface area contributed by atoms with Gasteiger partial charge in [-0.05, 0) is 40.7 Å². The minimum absolute atomic E-state index is 0.253. The molecule has 0 atom stereocenters. The first-order valence-corrected chi connectivity index (χ1v) is 5.07. The highest BCUT2D eigenvalue weighted by Gasteiger charge is 2.32. The molecule has 0 aromatic carbocycles. The number of carboxylic acids is 1. The van der Waals surface area contributed by atoms with Crippen LogP contribution in [-0.4, -0.2) is 20.9 Å². The van der Waals surface area contributed by atoms with Crippen LogP contribution in [0.3, 0.4) is 0 Å². The maximum absolute atomic E-state index is 11.1. The number of hydrogen-bond donors (Lipinski definition) is 1. The van der Waals surface area contributed by atoms with Crippen molar-refractivity contribution < 1.29 is 9.90 Å². The minimum atomic E-state index is -0.926. The Kier molecular flexibility index (Phi) is 2.88. The molecule has 0 aliphatic rings. The van der Waals surface area contributed by atoms with Crippen molar-refractivity contribution in [2.45, 2.75) is 46.1 Å². The molecule has 4 nitrogen and oxygen atoms in total. The van der Waals surface area contributed by atoms with E-state index in [0.29, 0.717) is 5.69 Å². The number of carbonyl (C=O) groups is 1. The molecule has 0 spiro atoms. The molecule has 84 valence electrons. The number of rotatable bonds is 3. The van der Waals surface area contributed by atoms with E-state index < -0.39 is 11.4 Å². The van der Waals surface area contributed by atoms with Crippen molar-refractivity contribution in [3.05, 3.63) is 17.5 Å². The fraction of sp³-hybridized carbons (Fsp3) is 0.636. The van der Waals surface area contributed by atoms with E-state index in [4.69, 9.17) is 5.11 Å². The lowest BCUT2D eigenvalue weighted by atomic mass is 9.89. The Morgan fingerprint density at radius 2 is 2.07 bits per heavy atom. The molecule has 0 saturated carbocycles. The van der Waals surface area contributed by atoms with Crippen LogP contribution in [0.4, 0.5) is 0 Å². The Morgan fingerprint density at radius 3 is 2.40 bits per heavy atom. The van der Waals surface area contributed by atoms with Crippen LogP contribution in [0.25, 0.3) is 0 Å². The van der Waals surface area contributed by atoms with E-state index >= 15 is 0 Å². The SMILES string of the molecule is Cc1cc(C(C)(C)C(=O)O)nn1C(C)C. The highest BCUT2D eigenvalue weighted by molar-refractivity contribution is 5.79. The van der Waals surface area contributed by atoms with Crippen molar-refractivity contribution in [1.29, 1.82) is 0 Å². The van der Waals surface area contributed by atoms with Crippen LogP contribution in [0.15, 0.2) is 6.07 Å². The quantitative estimate of drug-likeness (QED) is 0.831. The Bertz CT molecular complexity index is 378. The summed E-state index contributed by atoms with van der Waals surface area (Å²) in [4.78, 5) is 11.1. The van der Waals surface area contributed by atoms with E-state index in [0.717, 1.165) is 5.69 Å². The lowest BCUT2D eigenvalue weighted by Crippen LogP contribution is -2.29. The second-order valence-corrected chi connectivity index (χ2v) is 4.64. The summed E-state index contributed by atoms with van der Waals surface area (Å²) >= 11 is 0. The molecule has 4 heteroatoms. The van der Waals surface area contributed by atoms with E-state index in [1.807, 2.05) is 31.5 Å². The lowest BCUT2D eigenvalue weighted by molar-refractivity contribution is -0.142. The van der Waals surface area contributed by atoms with Crippen molar-refractivity contribution >= 4 is 5.97 Å². The minimum Gasteiger partial charge on any atom is -0.481 e. The van der Waals surface area contributed by atoms with Crippen LogP contribution in [0.1, 0.15) is 45.1 Å². The summed E-state index contributed by atoms with van der Waals surface area (Å²) in [5.74, 6) is -0.851. The summed E-state index contributed by atoms with van der Waals surface area (Å²) in [6.45, 7) is 9.33. The third-order valence-electron chi connectivity index (χ3n) is 2.59. The second-order valence-electron chi connectivity index (χ2n) is 4.64. The zero-order valence-electron chi connectivity index (χ0n) is 9.90. The first-order valence-electron chi connectivity index (χ1n) is 5.07. The van der Waals surface area contributed by atoms with Gasteiger partial charge in [-0.15, -0.1) is 0 Å². The third-order valence-corrected chi connectivity index (χ3v) is 2.59. The molecule has 0 radical (unpaired) electrons. The molecule has 1 rings (SSSR count). The molecule has 1 N–H and O–H groups in total. The molecular formula is C11H18N2O2. The summed E-state index contributed by atoms with van der Waals surface area (Å²) in [7, 11) is 0. The Morgan fingerprint density at radius 1 is 1.53 bits per heavy atom. The first-order chi connectivity index (χ1) is 6.76. The van der Waals surface area contributed by atoms with Crippen molar-refractivity contribution in [2.75, 3.05) is 0 Å². The molecule has 0 amide bonds. The molecule has 1 heterocycles. The lowest BCUT2D eigenvalue weighted by Gasteiger charge is -2.16. The van der Waals surface area contributed by atoms with E-state index in [1.54, 1.807) is 13.8 Å². The van der Waals surface area contributed by atoms with Gasteiger partial charge >= 0.3 is 5.97 Å². The maximum Gasteiger partial charge on any atom is 0.315 e. The number of nitrogens with zero attached hydrogens (tertiary/aromatic N) is 2. The molecule has 1 aromatic heterocycles. The normalized spacial score (nSPS) is 12.1. The smallest absolute Gasteiger partial charge is 0.315 e. The van der Waals surface area contributed by atoms with E-state index in [2.05, 4.69) is 5.10 Å². The molecule has 0 aliphatic carbocycles. The number of aliphatic carboxylic acids is 1. The van der Waals surface area contributed by atoms with Crippen LogP contribution in [0, 0.1) is 6.92 Å².